The van der Waals surface area contributed by atoms with Crippen LogP contribution in [0.4, 0.5) is 0 Å². The molecule has 0 amide bonds. The van der Waals surface area contributed by atoms with E-state index in [2.05, 4.69) is 4.72 Å². The number of sulfonamides is 1. The molecule has 1 aromatic carbocycles. The molecule has 1 atom stereocenters. The normalized spacial score (nSPS) is 13.4. The van der Waals surface area contributed by atoms with Gasteiger partial charge in [-0.1, -0.05) is 12.1 Å². The lowest BCUT2D eigenvalue weighted by atomic mass is 10.1. The first kappa shape index (κ1) is 13.3. The average molecular weight is 264 g/mol. The Morgan fingerprint density at radius 1 is 1.50 bits per heavy atom. The molecule has 90 valence electrons. The molecule has 0 saturated carbocycles. The third-order valence-electron chi connectivity index (χ3n) is 2.09. The van der Waals surface area contributed by atoms with Crippen LogP contribution in [-0.2, 0) is 10.0 Å². The van der Waals surface area contributed by atoms with Crippen molar-refractivity contribution >= 4 is 21.6 Å². The summed E-state index contributed by atoms with van der Waals surface area (Å²) in [6.45, 7) is 1.75. The van der Waals surface area contributed by atoms with Crippen LogP contribution in [0.15, 0.2) is 24.3 Å². The number of nitrogens with one attached hydrogen (secondary N) is 1. The molecule has 0 heterocycles. The van der Waals surface area contributed by atoms with Gasteiger partial charge in [0.05, 0.1) is 7.11 Å². The lowest BCUT2D eigenvalue weighted by molar-refractivity contribution is 0.413. The molecule has 4 nitrogen and oxygen atoms in total. The van der Waals surface area contributed by atoms with Crippen molar-refractivity contribution in [1.29, 1.82) is 0 Å². The largest absolute Gasteiger partial charge is 0.497 e. The number of rotatable bonds is 5. The van der Waals surface area contributed by atoms with Crippen molar-refractivity contribution in [2.75, 3.05) is 12.3 Å². The summed E-state index contributed by atoms with van der Waals surface area (Å²) < 4.78 is 30.0. The Morgan fingerprint density at radius 3 is 2.75 bits per heavy atom. The SMILES string of the molecule is COc1cccc(C(C)NS(=O)(=O)CCl)c1. The third kappa shape index (κ3) is 3.66. The Hall–Kier alpha value is -0.780. The van der Waals surface area contributed by atoms with Crippen molar-refractivity contribution in [1.82, 2.24) is 4.72 Å². The van der Waals surface area contributed by atoms with Gasteiger partial charge in [0.15, 0.2) is 0 Å². The van der Waals surface area contributed by atoms with Crippen LogP contribution in [0.5, 0.6) is 5.75 Å². The smallest absolute Gasteiger partial charge is 0.226 e. The van der Waals surface area contributed by atoms with Crippen molar-refractivity contribution < 1.29 is 13.2 Å². The Bertz CT molecular complexity index is 447. The van der Waals surface area contributed by atoms with E-state index in [-0.39, 0.29) is 6.04 Å². The summed E-state index contributed by atoms with van der Waals surface area (Å²) >= 11 is 5.31. The van der Waals surface area contributed by atoms with Crippen LogP contribution < -0.4 is 9.46 Å². The summed E-state index contributed by atoms with van der Waals surface area (Å²) in [6, 6.07) is 6.87. The fourth-order valence-electron chi connectivity index (χ4n) is 1.28. The quantitative estimate of drug-likeness (QED) is 0.825. The fourth-order valence-corrected chi connectivity index (χ4v) is 2.21. The van der Waals surface area contributed by atoms with Gasteiger partial charge in [-0.15, -0.1) is 11.6 Å². The zero-order valence-corrected chi connectivity index (χ0v) is 10.7. The molecule has 1 unspecified atom stereocenters. The second-order valence-electron chi connectivity index (χ2n) is 3.34. The highest BCUT2D eigenvalue weighted by Gasteiger charge is 2.14. The predicted octanol–water partition coefficient (Wildman–Crippen LogP) is 1.87. The van der Waals surface area contributed by atoms with E-state index in [0.29, 0.717) is 5.75 Å². The molecule has 0 saturated heterocycles. The Kier molecular flexibility index (Phi) is 4.58. The van der Waals surface area contributed by atoms with E-state index in [1.165, 1.54) is 0 Å². The molecule has 0 radical (unpaired) electrons. The van der Waals surface area contributed by atoms with Crippen LogP contribution in [-0.4, -0.2) is 20.7 Å². The van der Waals surface area contributed by atoms with Crippen molar-refractivity contribution in [3.05, 3.63) is 29.8 Å². The second kappa shape index (κ2) is 5.52. The van der Waals surface area contributed by atoms with Gasteiger partial charge in [-0.05, 0) is 24.6 Å². The first-order valence-corrected chi connectivity index (χ1v) is 6.87. The van der Waals surface area contributed by atoms with Crippen LogP contribution in [0.2, 0.25) is 0 Å². The molecule has 0 aliphatic carbocycles. The third-order valence-corrected chi connectivity index (χ3v) is 3.96. The molecule has 0 aliphatic rings. The number of hydrogen-bond acceptors (Lipinski definition) is 3. The van der Waals surface area contributed by atoms with Gasteiger partial charge in [-0.2, -0.15) is 0 Å². The number of halogens is 1. The van der Waals surface area contributed by atoms with E-state index in [4.69, 9.17) is 16.3 Å². The van der Waals surface area contributed by atoms with Crippen LogP contribution in [0.25, 0.3) is 0 Å². The zero-order chi connectivity index (χ0) is 12.2. The highest BCUT2D eigenvalue weighted by molar-refractivity contribution is 7.90. The van der Waals surface area contributed by atoms with Gasteiger partial charge in [-0.25, -0.2) is 13.1 Å². The zero-order valence-electron chi connectivity index (χ0n) is 9.10. The maximum absolute atomic E-state index is 11.3. The molecule has 0 bridgehead atoms. The molecule has 0 fully saturated rings. The monoisotopic (exact) mass is 263 g/mol. The van der Waals surface area contributed by atoms with Gasteiger partial charge in [0, 0.05) is 6.04 Å². The van der Waals surface area contributed by atoms with Gasteiger partial charge in [0.1, 0.15) is 11.0 Å². The highest BCUT2D eigenvalue weighted by Crippen LogP contribution is 2.19. The Balaban J connectivity index is 2.84. The number of alkyl halides is 1. The fraction of sp³-hybridized carbons (Fsp3) is 0.400. The molecule has 1 rings (SSSR count). The predicted molar refractivity (Wildman–Crippen MR) is 64.2 cm³/mol. The van der Waals surface area contributed by atoms with Gasteiger partial charge in [-0.3, -0.25) is 0 Å². The van der Waals surface area contributed by atoms with E-state index in [0.717, 1.165) is 5.56 Å². The van der Waals surface area contributed by atoms with Crippen LogP contribution in [0.3, 0.4) is 0 Å². The van der Waals surface area contributed by atoms with Gasteiger partial charge in [0.25, 0.3) is 0 Å². The summed E-state index contributed by atoms with van der Waals surface area (Å²) in [6.07, 6.45) is 0. The number of benzene rings is 1. The molecule has 16 heavy (non-hydrogen) atoms. The summed E-state index contributed by atoms with van der Waals surface area (Å²) in [7, 11) is -1.85. The number of methoxy groups -OCH3 is 1. The van der Waals surface area contributed by atoms with Gasteiger partial charge < -0.3 is 4.74 Å². The van der Waals surface area contributed by atoms with Crippen LogP contribution in [0.1, 0.15) is 18.5 Å². The summed E-state index contributed by atoms with van der Waals surface area (Å²) in [5, 5.41) is -0.443. The van der Waals surface area contributed by atoms with Gasteiger partial charge >= 0.3 is 0 Å². The van der Waals surface area contributed by atoms with Crippen molar-refractivity contribution in [3.8, 4) is 5.75 Å². The Morgan fingerprint density at radius 2 is 2.19 bits per heavy atom. The lowest BCUT2D eigenvalue weighted by Gasteiger charge is -2.14. The lowest BCUT2D eigenvalue weighted by Crippen LogP contribution is -2.27. The molecule has 1 N–H and O–H groups in total. The molecule has 0 aliphatic heterocycles. The Labute approximate surface area is 101 Å². The van der Waals surface area contributed by atoms with Crippen molar-refractivity contribution in [3.63, 3.8) is 0 Å². The summed E-state index contributed by atoms with van der Waals surface area (Å²) in [5.41, 5.74) is 0.827. The number of ether oxygens (including phenoxy) is 1. The summed E-state index contributed by atoms with van der Waals surface area (Å²) in [4.78, 5) is 0. The highest BCUT2D eigenvalue weighted by atomic mass is 35.5. The minimum atomic E-state index is -3.41. The first-order valence-electron chi connectivity index (χ1n) is 4.68. The van der Waals surface area contributed by atoms with E-state index in [9.17, 15) is 8.42 Å². The van der Waals surface area contributed by atoms with E-state index in [1.54, 1.807) is 32.2 Å². The van der Waals surface area contributed by atoms with Crippen molar-refractivity contribution in [2.45, 2.75) is 13.0 Å². The molecular formula is C10H14ClNO3S. The van der Waals surface area contributed by atoms with E-state index < -0.39 is 15.2 Å². The topological polar surface area (TPSA) is 55.4 Å². The molecule has 0 spiro atoms. The van der Waals surface area contributed by atoms with E-state index >= 15 is 0 Å². The minimum Gasteiger partial charge on any atom is -0.497 e. The molecule has 6 heteroatoms. The van der Waals surface area contributed by atoms with Gasteiger partial charge in [0.2, 0.25) is 10.0 Å². The maximum Gasteiger partial charge on any atom is 0.226 e. The van der Waals surface area contributed by atoms with Crippen LogP contribution in [0, 0.1) is 0 Å². The second-order valence-corrected chi connectivity index (χ2v) is 5.68. The average Bonchev–Trinajstić information content (AvgIpc) is 2.28. The molecular weight excluding hydrogens is 250 g/mol. The first-order chi connectivity index (χ1) is 7.48. The molecule has 1 aromatic rings. The standard InChI is InChI=1S/C10H14ClNO3S/c1-8(12-16(13,14)7-11)9-4-3-5-10(6-9)15-2/h3-6,8,12H,7H2,1-2H3. The maximum atomic E-state index is 11.3. The summed E-state index contributed by atoms with van der Waals surface area (Å²) in [5.74, 6) is 0.689. The van der Waals surface area contributed by atoms with E-state index in [1.807, 2.05) is 6.07 Å². The van der Waals surface area contributed by atoms with Crippen molar-refractivity contribution in [2.24, 2.45) is 0 Å². The number of hydrogen-bond donors (Lipinski definition) is 1. The van der Waals surface area contributed by atoms with Crippen LogP contribution >= 0.6 is 11.6 Å². The molecule has 0 aromatic heterocycles. The minimum absolute atomic E-state index is 0.334.